The summed E-state index contributed by atoms with van der Waals surface area (Å²) in [5.74, 6) is -3.66. The number of nitrogens with one attached hydrogen (secondary N) is 6. The first-order valence-electron chi connectivity index (χ1n) is 39.6. The Balaban J connectivity index is 0.000000229. The molecular formula is C82H120N10O13Si2. The molecule has 3 aliphatic heterocycles. The van der Waals surface area contributed by atoms with E-state index in [1.165, 1.54) is 10.0 Å². The number of hydrogen-bond acceptors (Lipinski definition) is 16. The summed E-state index contributed by atoms with van der Waals surface area (Å²) in [7, 11) is -4.40. The predicted molar refractivity (Wildman–Crippen MR) is 419 cm³/mol. The molecule has 2 aromatic heterocycles. The van der Waals surface area contributed by atoms with E-state index in [4.69, 9.17) is 23.6 Å². The van der Waals surface area contributed by atoms with Crippen molar-refractivity contribution >= 4 is 98.0 Å². The monoisotopic (exact) mass is 1510 g/mol. The second-order valence-electron chi connectivity index (χ2n) is 33.8. The smallest absolute Gasteiger partial charge is 0.316 e. The van der Waals surface area contributed by atoms with Crippen LogP contribution in [0, 0.1) is 22.7 Å². The number of carboxylic acids is 1. The Morgan fingerprint density at radius 2 is 1.24 bits per heavy atom. The number of esters is 1. The van der Waals surface area contributed by atoms with Gasteiger partial charge in [0.15, 0.2) is 6.10 Å². The Bertz CT molecular complexity index is 3930. The van der Waals surface area contributed by atoms with Gasteiger partial charge in [-0.05, 0) is 192 Å². The minimum Gasteiger partial charge on any atom is -0.481 e. The van der Waals surface area contributed by atoms with E-state index < -0.39 is 93.6 Å². The van der Waals surface area contributed by atoms with Crippen molar-refractivity contribution in [3.05, 3.63) is 95.3 Å². The number of cyclic esters (lactones) is 1. The first kappa shape index (κ1) is 82.2. The third-order valence-corrected chi connectivity index (χ3v) is 36.5. The van der Waals surface area contributed by atoms with Gasteiger partial charge in [0.25, 0.3) is 17.7 Å². The number of aromatic nitrogens is 2. The van der Waals surface area contributed by atoms with Crippen LogP contribution in [0.25, 0.3) is 34.0 Å². The van der Waals surface area contributed by atoms with Crippen molar-refractivity contribution in [2.75, 3.05) is 13.1 Å². The fourth-order valence-corrected chi connectivity index (χ4v) is 29.0. The highest BCUT2D eigenvalue weighted by Crippen LogP contribution is 2.52. The van der Waals surface area contributed by atoms with E-state index in [-0.39, 0.29) is 53.7 Å². The normalized spacial score (nSPS) is 26.9. The minimum atomic E-state index is -2.24. The molecule has 11 rings (SSSR count). The van der Waals surface area contributed by atoms with Crippen LogP contribution in [0.2, 0.25) is 33.2 Å². The van der Waals surface area contributed by atoms with E-state index in [9.17, 15) is 48.6 Å². The standard InChI is InChI=1S/C41H61N5O7Si.C41H59N5O6Si/c1-24(2)54(25(3)4,26(5)6)53-32-18-20-41(23-32,40(51)52)19-17-29-11-12-30-15-16-33(44-35(30)22-29)27(7)42-37(48)34-10-9-21-46(45-34)39(50)28(8)43-38(49)36(47)31-13-14-31;1-24(2)53(25(3)4,26(5)6)52-32-18-20-41(23-32)19-17-29-11-12-30-15-16-33(44-35(30)22-29)27(7)42-37(47)34-10-9-21-46(45-34)39(49)28(8)43-38(48)36(31-13-14-31)51-40(41)50/h11-12,15-17,19,22,24-28,31-32,34,36,45,47H,9-10,13-14,18,20-21,23H2,1-8H3,(H,42,48)(H,43,49)(H,51,52);11-12,15-17,19,22,24-28,31-32,34,36,45H,9-10,13-14,18,20-21,23H2,1-8H3,(H,42,47)(H,43,48)/b2*19-17+/t2*27-,28+,32?,34+,36+,41?/m11/s1. The average Bonchev–Trinajstić information content (AvgIpc) is 1.64. The molecule has 25 heteroatoms. The topological polar surface area (TPSA) is 309 Å². The van der Waals surface area contributed by atoms with Crippen molar-refractivity contribution in [3.63, 3.8) is 0 Å². The van der Waals surface area contributed by atoms with E-state index in [1.54, 1.807) is 13.8 Å². The molecule has 4 aromatic rings. The largest absolute Gasteiger partial charge is 0.481 e. The highest BCUT2D eigenvalue weighted by Gasteiger charge is 2.55. The van der Waals surface area contributed by atoms with Gasteiger partial charge in [0.2, 0.25) is 34.4 Å². The van der Waals surface area contributed by atoms with E-state index in [1.807, 2.05) is 98.8 Å². The third-order valence-electron chi connectivity index (χ3n) is 24.1. The van der Waals surface area contributed by atoms with E-state index in [0.717, 1.165) is 65.0 Å². The highest BCUT2D eigenvalue weighted by atomic mass is 28.4. The lowest BCUT2D eigenvalue weighted by atomic mass is 9.85. The predicted octanol–water partition coefficient (Wildman–Crippen LogP) is 12.5. The molecule has 5 bridgehead atoms. The van der Waals surface area contributed by atoms with Crippen molar-refractivity contribution in [3.8, 4) is 0 Å². The molecule has 2 saturated heterocycles. The molecule has 8 N–H and O–H groups in total. The fourth-order valence-electron chi connectivity index (χ4n) is 17.8. The quantitative estimate of drug-likeness (QED) is 0.0284. The molecule has 4 saturated carbocycles. The molecule has 12 atom stereocenters. The number of hydrazine groups is 2. The number of aliphatic carboxylic acids is 1. The zero-order valence-corrected chi connectivity index (χ0v) is 68.0. The van der Waals surface area contributed by atoms with E-state index >= 15 is 0 Å². The summed E-state index contributed by atoms with van der Waals surface area (Å²) in [5.41, 5.74) is 11.2. The summed E-state index contributed by atoms with van der Waals surface area (Å²) in [5, 5.41) is 36.8. The number of carbonyl (C=O) groups is 8. The van der Waals surface area contributed by atoms with Gasteiger partial charge in [0, 0.05) is 42.0 Å². The molecule has 6 fully saturated rings. The molecular weight excluding hydrogens is 1390 g/mol. The van der Waals surface area contributed by atoms with Gasteiger partial charge < -0.3 is 45.1 Å². The van der Waals surface area contributed by atoms with Crippen LogP contribution in [0.5, 0.6) is 0 Å². The molecule has 6 amide bonds. The number of fused-ring (bicyclic) bond motifs is 5. The number of hydrogen-bond donors (Lipinski definition) is 8. The third kappa shape index (κ3) is 18.6. The Hall–Kier alpha value is -7.27. The number of rotatable bonds is 21. The molecule has 5 heterocycles. The number of aliphatic hydroxyl groups excluding tert-OH is 1. The highest BCUT2D eigenvalue weighted by molar-refractivity contribution is 6.78. The van der Waals surface area contributed by atoms with Gasteiger partial charge in [-0.1, -0.05) is 144 Å². The Morgan fingerprint density at radius 3 is 1.87 bits per heavy atom. The zero-order valence-electron chi connectivity index (χ0n) is 66.0. The summed E-state index contributed by atoms with van der Waals surface area (Å²) in [6.45, 7) is 34.9. The molecule has 0 radical (unpaired) electrons. The van der Waals surface area contributed by atoms with E-state index in [0.29, 0.717) is 116 Å². The van der Waals surface area contributed by atoms with Gasteiger partial charge in [0.05, 0.1) is 45.3 Å². The Morgan fingerprint density at radius 1 is 0.654 bits per heavy atom. The second kappa shape index (κ2) is 34.3. The summed E-state index contributed by atoms with van der Waals surface area (Å²) >= 11 is 0. The summed E-state index contributed by atoms with van der Waals surface area (Å²) in [6.07, 6.45) is 14.2. The van der Waals surface area contributed by atoms with Crippen LogP contribution in [-0.4, -0.2) is 156 Å². The zero-order chi connectivity index (χ0) is 77.8. The summed E-state index contributed by atoms with van der Waals surface area (Å²) < 4.78 is 20.5. The van der Waals surface area contributed by atoms with Crippen LogP contribution < -0.4 is 32.1 Å². The molecule has 2 aromatic carbocycles. The molecule has 4 aliphatic carbocycles. The van der Waals surface area contributed by atoms with Crippen LogP contribution in [0.15, 0.2) is 72.8 Å². The van der Waals surface area contributed by atoms with Crippen LogP contribution in [-0.2, 0) is 51.9 Å². The maximum Gasteiger partial charge on any atom is 0.316 e. The lowest BCUT2D eigenvalue weighted by Crippen LogP contribution is -2.61. The van der Waals surface area contributed by atoms with Crippen molar-refractivity contribution in [1.82, 2.24) is 52.1 Å². The maximum absolute atomic E-state index is 14.6. The van der Waals surface area contributed by atoms with Gasteiger partial charge in [-0.15, -0.1) is 0 Å². The van der Waals surface area contributed by atoms with Gasteiger partial charge >= 0.3 is 11.9 Å². The van der Waals surface area contributed by atoms with Gasteiger partial charge in [-0.25, -0.2) is 10.9 Å². The molecule has 7 aliphatic rings. The molecule has 4 unspecified atom stereocenters. The average molecular weight is 1510 g/mol. The number of aliphatic hydroxyl groups is 1. The number of carbonyl (C=O) groups excluding carboxylic acids is 7. The molecule has 23 nitrogen and oxygen atoms in total. The molecule has 584 valence electrons. The number of ether oxygens (including phenoxy) is 1. The lowest BCUT2D eigenvalue weighted by Gasteiger charge is -2.44. The van der Waals surface area contributed by atoms with Crippen molar-refractivity contribution in [2.45, 2.75) is 295 Å². The summed E-state index contributed by atoms with van der Waals surface area (Å²) in [6, 6.07) is 15.8. The maximum atomic E-state index is 14.6. The van der Waals surface area contributed by atoms with Crippen LogP contribution >= 0.6 is 0 Å². The van der Waals surface area contributed by atoms with Crippen molar-refractivity contribution in [1.29, 1.82) is 0 Å². The van der Waals surface area contributed by atoms with Gasteiger partial charge in [-0.2, -0.15) is 0 Å². The second-order valence-corrected chi connectivity index (χ2v) is 44.6. The van der Waals surface area contributed by atoms with E-state index in [2.05, 4.69) is 115 Å². The fraction of sp³-hybridized carbons (Fsp3) is 0.634. The lowest BCUT2D eigenvalue weighted by molar-refractivity contribution is -0.165. The number of nitrogens with zero attached hydrogens (tertiary/aromatic N) is 4. The van der Waals surface area contributed by atoms with Crippen molar-refractivity contribution in [2.24, 2.45) is 22.7 Å². The molecule has 107 heavy (non-hydrogen) atoms. The Labute approximate surface area is 634 Å². The van der Waals surface area contributed by atoms with Gasteiger partial charge in [0.1, 0.15) is 30.3 Å². The number of amides is 6. The first-order chi connectivity index (χ1) is 50.6. The summed E-state index contributed by atoms with van der Waals surface area (Å²) in [4.78, 5) is 117. The van der Waals surface area contributed by atoms with Crippen LogP contribution in [0.1, 0.15) is 235 Å². The Kier molecular flexibility index (Phi) is 26.4. The number of carboxylic acid groups (broad SMARTS) is 1. The first-order valence-corrected chi connectivity index (χ1v) is 43.9. The molecule has 1 spiro atoms. The van der Waals surface area contributed by atoms with Crippen LogP contribution in [0.4, 0.5) is 0 Å². The SMILES string of the molecule is CC(C)[Si](OC1CCC(/C=C/c2ccc3ccc([C@@H](C)NC(=O)[C@@H]4CCCN(C(=O)[C@H](C)NC(=O)[C@@H](O)C5CC5)N4)nc3c2)(C(=O)O)C1)(C(C)C)C(C)C.CC(C)[Si](OC1CCC2(/C=C/c3ccc4ccc(nc4c3)[C@@H](C)NC(=O)[C@@H]3CCCN(N3)C(=O)[C@H](C)NC(=O)[C@H](C3CC3)OC2=O)C1)(C(C)C)C(C)C. The number of benzene rings is 2. The van der Waals surface area contributed by atoms with Crippen LogP contribution in [0.3, 0.4) is 0 Å². The minimum absolute atomic E-state index is 0.0415. The van der Waals surface area contributed by atoms with Crippen molar-refractivity contribution < 1.29 is 62.2 Å². The number of pyridine rings is 2. The van der Waals surface area contributed by atoms with Gasteiger partial charge in [-0.3, -0.25) is 58.3 Å².